The van der Waals surface area contributed by atoms with Crippen LogP contribution in [0.4, 0.5) is 0 Å². The second-order valence-electron chi connectivity index (χ2n) is 5.98. The standard InChI is InChI=1S/C13H22N2O2/c16-9-13-5-1-3-10(13)7-15(8-13)12(17)11-4-2-6-14-11/h10-11,14,16H,1-9H2/t10?,11-,13?/m0/s1. The Kier molecular flexibility index (Phi) is 2.87. The molecule has 17 heavy (non-hydrogen) atoms. The number of fused-ring (bicyclic) bond motifs is 1. The van der Waals surface area contributed by atoms with E-state index < -0.39 is 0 Å². The summed E-state index contributed by atoms with van der Waals surface area (Å²) in [5, 5.41) is 12.9. The van der Waals surface area contributed by atoms with E-state index in [0.29, 0.717) is 5.92 Å². The summed E-state index contributed by atoms with van der Waals surface area (Å²) in [5.74, 6) is 0.808. The minimum Gasteiger partial charge on any atom is -0.396 e. The lowest BCUT2D eigenvalue weighted by molar-refractivity contribution is -0.132. The van der Waals surface area contributed by atoms with Gasteiger partial charge in [-0.2, -0.15) is 0 Å². The largest absolute Gasteiger partial charge is 0.396 e. The van der Waals surface area contributed by atoms with E-state index in [4.69, 9.17) is 0 Å². The number of aliphatic hydroxyl groups is 1. The Morgan fingerprint density at radius 3 is 2.94 bits per heavy atom. The molecule has 4 heteroatoms. The van der Waals surface area contributed by atoms with Crippen LogP contribution < -0.4 is 5.32 Å². The maximum Gasteiger partial charge on any atom is 0.239 e. The van der Waals surface area contributed by atoms with Crippen molar-refractivity contribution >= 4 is 5.91 Å². The average Bonchev–Trinajstić information content (AvgIpc) is 3.03. The number of hydrogen-bond donors (Lipinski definition) is 2. The Morgan fingerprint density at radius 1 is 1.41 bits per heavy atom. The summed E-state index contributed by atoms with van der Waals surface area (Å²) in [6.45, 7) is 2.88. The fraction of sp³-hybridized carbons (Fsp3) is 0.923. The predicted molar refractivity (Wildman–Crippen MR) is 64.5 cm³/mol. The molecule has 0 bridgehead atoms. The molecule has 0 spiro atoms. The van der Waals surface area contributed by atoms with Gasteiger partial charge in [-0.1, -0.05) is 6.42 Å². The van der Waals surface area contributed by atoms with Gasteiger partial charge in [0.15, 0.2) is 0 Å². The van der Waals surface area contributed by atoms with E-state index >= 15 is 0 Å². The van der Waals surface area contributed by atoms with Gasteiger partial charge in [-0.15, -0.1) is 0 Å². The maximum atomic E-state index is 12.3. The van der Waals surface area contributed by atoms with Crippen molar-refractivity contribution in [3.63, 3.8) is 0 Å². The molecular weight excluding hydrogens is 216 g/mol. The molecule has 4 nitrogen and oxygen atoms in total. The van der Waals surface area contributed by atoms with E-state index in [-0.39, 0.29) is 24.0 Å². The molecule has 0 aromatic carbocycles. The molecule has 0 aromatic rings. The van der Waals surface area contributed by atoms with Gasteiger partial charge < -0.3 is 15.3 Å². The van der Waals surface area contributed by atoms with E-state index in [1.54, 1.807) is 0 Å². The zero-order chi connectivity index (χ0) is 11.9. The average molecular weight is 238 g/mol. The van der Waals surface area contributed by atoms with Crippen molar-refractivity contribution < 1.29 is 9.90 Å². The van der Waals surface area contributed by atoms with Crippen LogP contribution in [0.3, 0.4) is 0 Å². The van der Waals surface area contributed by atoms with E-state index in [1.165, 1.54) is 12.8 Å². The molecule has 3 rings (SSSR count). The fourth-order valence-electron chi connectivity index (χ4n) is 3.96. The molecule has 2 N–H and O–H groups in total. The number of nitrogens with zero attached hydrogens (tertiary/aromatic N) is 1. The third-order valence-corrected chi connectivity index (χ3v) is 5.02. The van der Waals surface area contributed by atoms with Gasteiger partial charge in [-0.05, 0) is 38.1 Å². The number of likely N-dealkylation sites (tertiary alicyclic amines) is 1. The Labute approximate surface area is 102 Å². The van der Waals surface area contributed by atoms with Crippen molar-refractivity contribution in [2.24, 2.45) is 11.3 Å². The number of aliphatic hydroxyl groups excluding tert-OH is 1. The molecule has 1 saturated carbocycles. The molecular formula is C13H22N2O2. The Balaban J connectivity index is 1.69. The van der Waals surface area contributed by atoms with Crippen LogP contribution in [0.2, 0.25) is 0 Å². The number of nitrogens with one attached hydrogen (secondary N) is 1. The first-order valence-electron chi connectivity index (χ1n) is 6.88. The van der Waals surface area contributed by atoms with Crippen molar-refractivity contribution in [2.45, 2.75) is 38.1 Å². The summed E-state index contributed by atoms with van der Waals surface area (Å²) in [7, 11) is 0. The Morgan fingerprint density at radius 2 is 2.29 bits per heavy atom. The van der Waals surface area contributed by atoms with Crippen LogP contribution in [-0.2, 0) is 4.79 Å². The van der Waals surface area contributed by atoms with E-state index in [1.807, 2.05) is 4.90 Å². The fourth-order valence-corrected chi connectivity index (χ4v) is 3.96. The lowest BCUT2D eigenvalue weighted by Crippen LogP contribution is -2.43. The quantitative estimate of drug-likeness (QED) is 0.730. The predicted octanol–water partition coefficient (Wildman–Crippen LogP) is 0.359. The zero-order valence-electron chi connectivity index (χ0n) is 10.3. The SMILES string of the molecule is O=C([C@@H]1CCCN1)N1CC2CCCC2(CO)C1. The summed E-state index contributed by atoms with van der Waals surface area (Å²) in [5.41, 5.74) is 0.0360. The highest BCUT2D eigenvalue weighted by molar-refractivity contribution is 5.82. The maximum absolute atomic E-state index is 12.3. The highest BCUT2D eigenvalue weighted by Crippen LogP contribution is 2.48. The van der Waals surface area contributed by atoms with E-state index in [9.17, 15) is 9.90 Å². The first-order chi connectivity index (χ1) is 8.25. The highest BCUT2D eigenvalue weighted by Gasteiger charge is 2.50. The number of amides is 1. The minimum absolute atomic E-state index is 0.0360. The first kappa shape index (κ1) is 11.5. The lowest BCUT2D eigenvalue weighted by atomic mass is 9.82. The van der Waals surface area contributed by atoms with Gasteiger partial charge in [0.25, 0.3) is 0 Å². The molecule has 1 amide bonds. The molecule has 0 aromatic heterocycles. The molecule has 2 aliphatic heterocycles. The molecule has 3 atom stereocenters. The van der Waals surface area contributed by atoms with Gasteiger partial charge in [0, 0.05) is 18.5 Å². The zero-order valence-corrected chi connectivity index (χ0v) is 10.3. The van der Waals surface area contributed by atoms with Crippen LogP contribution in [0.15, 0.2) is 0 Å². The molecule has 2 saturated heterocycles. The third-order valence-electron chi connectivity index (χ3n) is 5.02. The summed E-state index contributed by atoms with van der Waals surface area (Å²) < 4.78 is 0. The minimum atomic E-state index is 0.0360. The number of rotatable bonds is 2. The third kappa shape index (κ3) is 1.78. The Hall–Kier alpha value is -0.610. The summed E-state index contributed by atoms with van der Waals surface area (Å²) in [6, 6.07) is 0.0459. The van der Waals surface area contributed by atoms with Crippen molar-refractivity contribution in [3.05, 3.63) is 0 Å². The number of hydrogen-bond acceptors (Lipinski definition) is 3. The van der Waals surface area contributed by atoms with E-state index in [2.05, 4.69) is 5.32 Å². The summed E-state index contributed by atoms with van der Waals surface area (Å²) in [4.78, 5) is 14.3. The van der Waals surface area contributed by atoms with Crippen LogP contribution >= 0.6 is 0 Å². The van der Waals surface area contributed by atoms with Crippen LogP contribution in [0.1, 0.15) is 32.1 Å². The monoisotopic (exact) mass is 238 g/mol. The first-order valence-corrected chi connectivity index (χ1v) is 6.88. The van der Waals surface area contributed by atoms with Crippen LogP contribution in [-0.4, -0.2) is 48.2 Å². The van der Waals surface area contributed by atoms with Crippen molar-refractivity contribution in [1.82, 2.24) is 10.2 Å². The molecule has 1 aliphatic carbocycles. The normalized spacial score (nSPS) is 40.9. The van der Waals surface area contributed by atoms with Gasteiger partial charge in [0.2, 0.25) is 5.91 Å². The molecule has 0 radical (unpaired) electrons. The van der Waals surface area contributed by atoms with Gasteiger partial charge >= 0.3 is 0 Å². The van der Waals surface area contributed by atoms with E-state index in [0.717, 1.165) is 38.9 Å². The second kappa shape index (κ2) is 4.25. The van der Waals surface area contributed by atoms with Gasteiger partial charge in [-0.3, -0.25) is 4.79 Å². The van der Waals surface area contributed by atoms with Crippen molar-refractivity contribution in [2.75, 3.05) is 26.2 Å². The highest BCUT2D eigenvalue weighted by atomic mass is 16.3. The second-order valence-corrected chi connectivity index (χ2v) is 5.98. The topological polar surface area (TPSA) is 52.6 Å². The summed E-state index contributed by atoms with van der Waals surface area (Å²) >= 11 is 0. The van der Waals surface area contributed by atoms with Gasteiger partial charge in [0.1, 0.15) is 0 Å². The van der Waals surface area contributed by atoms with Crippen LogP contribution in [0, 0.1) is 11.3 Å². The molecule has 3 fully saturated rings. The van der Waals surface area contributed by atoms with Gasteiger partial charge in [0.05, 0.1) is 12.6 Å². The van der Waals surface area contributed by atoms with Crippen molar-refractivity contribution in [1.29, 1.82) is 0 Å². The van der Waals surface area contributed by atoms with Crippen molar-refractivity contribution in [3.8, 4) is 0 Å². The summed E-state index contributed by atoms with van der Waals surface area (Å²) in [6.07, 6.45) is 5.58. The number of carbonyl (C=O) groups is 1. The number of carbonyl (C=O) groups excluding carboxylic acids is 1. The van der Waals surface area contributed by atoms with Crippen LogP contribution in [0.25, 0.3) is 0 Å². The molecule has 2 unspecified atom stereocenters. The Bertz CT molecular complexity index is 315. The lowest BCUT2D eigenvalue weighted by Gasteiger charge is -2.26. The smallest absolute Gasteiger partial charge is 0.239 e. The molecule has 2 heterocycles. The van der Waals surface area contributed by atoms with Crippen LogP contribution in [0.5, 0.6) is 0 Å². The molecule has 3 aliphatic rings. The molecule has 96 valence electrons. The van der Waals surface area contributed by atoms with Gasteiger partial charge in [-0.25, -0.2) is 0 Å².